The number of aromatic hydroxyl groups is 1. The van der Waals surface area contributed by atoms with Gasteiger partial charge in [0.15, 0.2) is 0 Å². The Kier molecular flexibility index (Phi) is 5.02. The summed E-state index contributed by atoms with van der Waals surface area (Å²) in [6.07, 6.45) is 3.08. The Morgan fingerprint density at radius 3 is 2.78 bits per heavy atom. The minimum Gasteiger partial charge on any atom is -0.508 e. The number of benzene rings is 1. The predicted molar refractivity (Wildman–Crippen MR) is 73.1 cm³/mol. The van der Waals surface area contributed by atoms with Crippen molar-refractivity contribution < 1.29 is 9.84 Å². The van der Waals surface area contributed by atoms with Gasteiger partial charge in [-0.05, 0) is 43.0 Å². The summed E-state index contributed by atoms with van der Waals surface area (Å²) in [5.41, 5.74) is 2.39. The van der Waals surface area contributed by atoms with Gasteiger partial charge in [-0.3, -0.25) is 4.90 Å². The highest BCUT2D eigenvalue weighted by molar-refractivity contribution is 5.36. The molecule has 1 aliphatic rings. The predicted octanol–water partition coefficient (Wildman–Crippen LogP) is 2.22. The van der Waals surface area contributed by atoms with Gasteiger partial charge in [0.2, 0.25) is 0 Å². The van der Waals surface area contributed by atoms with Crippen LogP contribution in [0.15, 0.2) is 18.2 Å². The first-order chi connectivity index (χ1) is 8.79. The Balaban J connectivity index is 1.81. The second-order valence-corrected chi connectivity index (χ2v) is 4.87. The number of aryl methyl sites for hydroxylation is 2. The highest BCUT2D eigenvalue weighted by atomic mass is 16.5. The molecular weight excluding hydrogens is 226 g/mol. The summed E-state index contributed by atoms with van der Waals surface area (Å²) in [5.74, 6) is 0.439. The monoisotopic (exact) mass is 249 g/mol. The van der Waals surface area contributed by atoms with E-state index in [1.165, 1.54) is 5.56 Å². The lowest BCUT2D eigenvalue weighted by atomic mass is 10.0. The van der Waals surface area contributed by atoms with Crippen molar-refractivity contribution in [2.45, 2.75) is 26.2 Å². The summed E-state index contributed by atoms with van der Waals surface area (Å²) in [6, 6.07) is 5.96. The summed E-state index contributed by atoms with van der Waals surface area (Å²) in [5, 5.41) is 9.83. The van der Waals surface area contributed by atoms with Crippen LogP contribution in [0.2, 0.25) is 0 Å². The summed E-state index contributed by atoms with van der Waals surface area (Å²) < 4.78 is 5.33. The van der Waals surface area contributed by atoms with Crippen LogP contribution in [0.25, 0.3) is 0 Å². The molecule has 3 heteroatoms. The SMILES string of the molecule is CCc1ccc(O)c(CCCN2CCOCC2)c1. The molecule has 100 valence electrons. The number of phenols is 1. The average molecular weight is 249 g/mol. The molecule has 0 saturated carbocycles. The maximum Gasteiger partial charge on any atom is 0.118 e. The quantitative estimate of drug-likeness (QED) is 0.868. The second-order valence-electron chi connectivity index (χ2n) is 4.87. The number of morpholine rings is 1. The summed E-state index contributed by atoms with van der Waals surface area (Å²) in [7, 11) is 0. The zero-order valence-electron chi connectivity index (χ0n) is 11.2. The van der Waals surface area contributed by atoms with Crippen LogP contribution >= 0.6 is 0 Å². The standard InChI is InChI=1S/C15H23NO2/c1-2-13-5-6-15(17)14(12-13)4-3-7-16-8-10-18-11-9-16/h5-6,12,17H,2-4,7-11H2,1H3. The molecule has 0 bridgehead atoms. The lowest BCUT2D eigenvalue weighted by Gasteiger charge is -2.26. The largest absolute Gasteiger partial charge is 0.508 e. The van der Waals surface area contributed by atoms with Crippen LogP contribution in [0, 0.1) is 0 Å². The Hall–Kier alpha value is -1.06. The highest BCUT2D eigenvalue weighted by Crippen LogP contribution is 2.20. The number of phenolic OH excluding ortho intramolecular Hbond substituents is 1. The number of nitrogens with zero attached hydrogens (tertiary/aromatic N) is 1. The third-order valence-corrected chi connectivity index (χ3v) is 3.58. The van der Waals surface area contributed by atoms with Gasteiger partial charge in [0, 0.05) is 13.1 Å². The smallest absolute Gasteiger partial charge is 0.118 e. The molecule has 0 spiro atoms. The molecule has 1 aromatic carbocycles. The molecule has 0 unspecified atom stereocenters. The van der Waals surface area contributed by atoms with E-state index in [9.17, 15) is 5.11 Å². The normalized spacial score (nSPS) is 16.9. The van der Waals surface area contributed by atoms with E-state index in [0.717, 1.165) is 57.7 Å². The summed E-state index contributed by atoms with van der Waals surface area (Å²) >= 11 is 0. The van der Waals surface area contributed by atoms with Crippen LogP contribution in [-0.4, -0.2) is 42.9 Å². The summed E-state index contributed by atoms with van der Waals surface area (Å²) in [6.45, 7) is 7.04. The number of hydrogen-bond acceptors (Lipinski definition) is 3. The minimum absolute atomic E-state index is 0.439. The van der Waals surface area contributed by atoms with Crippen molar-refractivity contribution in [1.29, 1.82) is 0 Å². The fraction of sp³-hybridized carbons (Fsp3) is 0.600. The number of ether oxygens (including phenoxy) is 1. The molecule has 0 amide bonds. The lowest BCUT2D eigenvalue weighted by molar-refractivity contribution is 0.0374. The fourth-order valence-corrected chi connectivity index (χ4v) is 2.38. The molecule has 1 heterocycles. The first-order valence-electron chi connectivity index (χ1n) is 6.90. The zero-order chi connectivity index (χ0) is 12.8. The molecule has 3 nitrogen and oxygen atoms in total. The molecule has 1 aliphatic heterocycles. The van der Waals surface area contributed by atoms with Gasteiger partial charge in [0.25, 0.3) is 0 Å². The number of hydrogen-bond donors (Lipinski definition) is 1. The van der Waals surface area contributed by atoms with Crippen LogP contribution in [0.5, 0.6) is 5.75 Å². The Labute approximate surface area is 109 Å². The van der Waals surface area contributed by atoms with E-state index in [-0.39, 0.29) is 0 Å². The first kappa shape index (κ1) is 13.4. The molecule has 1 fully saturated rings. The van der Waals surface area contributed by atoms with E-state index in [0.29, 0.717) is 5.75 Å². The van der Waals surface area contributed by atoms with Gasteiger partial charge in [0.05, 0.1) is 13.2 Å². The molecule has 0 aromatic heterocycles. The van der Waals surface area contributed by atoms with Gasteiger partial charge in [0.1, 0.15) is 5.75 Å². The molecule has 18 heavy (non-hydrogen) atoms. The Bertz CT molecular complexity index is 373. The van der Waals surface area contributed by atoms with Gasteiger partial charge in [-0.1, -0.05) is 19.1 Å². The van der Waals surface area contributed by atoms with Crippen LogP contribution in [0.1, 0.15) is 24.5 Å². The molecule has 2 rings (SSSR count). The van der Waals surface area contributed by atoms with Crippen LogP contribution in [0.3, 0.4) is 0 Å². The van der Waals surface area contributed by atoms with Crippen molar-refractivity contribution in [2.24, 2.45) is 0 Å². The summed E-state index contributed by atoms with van der Waals surface area (Å²) in [4.78, 5) is 2.43. The Morgan fingerprint density at radius 1 is 1.28 bits per heavy atom. The van der Waals surface area contributed by atoms with E-state index < -0.39 is 0 Å². The van der Waals surface area contributed by atoms with Crippen LogP contribution in [0.4, 0.5) is 0 Å². The minimum atomic E-state index is 0.439. The molecular formula is C15H23NO2. The van der Waals surface area contributed by atoms with Gasteiger partial charge < -0.3 is 9.84 Å². The maximum absolute atomic E-state index is 9.83. The molecule has 0 radical (unpaired) electrons. The van der Waals surface area contributed by atoms with Gasteiger partial charge in [-0.2, -0.15) is 0 Å². The maximum atomic E-state index is 9.83. The second kappa shape index (κ2) is 6.76. The van der Waals surface area contributed by atoms with E-state index in [4.69, 9.17) is 4.74 Å². The van der Waals surface area contributed by atoms with Crippen LogP contribution < -0.4 is 0 Å². The van der Waals surface area contributed by atoms with Crippen molar-refractivity contribution in [3.05, 3.63) is 29.3 Å². The van der Waals surface area contributed by atoms with E-state index in [1.807, 2.05) is 12.1 Å². The molecule has 0 aliphatic carbocycles. The molecule has 1 aromatic rings. The molecule has 1 N–H and O–H groups in total. The molecule has 0 atom stereocenters. The topological polar surface area (TPSA) is 32.7 Å². The van der Waals surface area contributed by atoms with Crippen molar-refractivity contribution in [2.75, 3.05) is 32.8 Å². The first-order valence-corrected chi connectivity index (χ1v) is 6.90. The van der Waals surface area contributed by atoms with Crippen molar-refractivity contribution >= 4 is 0 Å². The number of rotatable bonds is 5. The highest BCUT2D eigenvalue weighted by Gasteiger charge is 2.10. The third-order valence-electron chi connectivity index (χ3n) is 3.58. The Morgan fingerprint density at radius 2 is 2.06 bits per heavy atom. The average Bonchev–Trinajstić information content (AvgIpc) is 2.42. The van der Waals surface area contributed by atoms with Crippen molar-refractivity contribution in [3.8, 4) is 5.75 Å². The van der Waals surface area contributed by atoms with Crippen LogP contribution in [-0.2, 0) is 17.6 Å². The van der Waals surface area contributed by atoms with Gasteiger partial charge in [-0.15, -0.1) is 0 Å². The third kappa shape index (κ3) is 3.72. The van der Waals surface area contributed by atoms with Gasteiger partial charge >= 0.3 is 0 Å². The van der Waals surface area contributed by atoms with Crippen molar-refractivity contribution in [1.82, 2.24) is 4.90 Å². The fourth-order valence-electron chi connectivity index (χ4n) is 2.38. The van der Waals surface area contributed by atoms with Gasteiger partial charge in [-0.25, -0.2) is 0 Å². The van der Waals surface area contributed by atoms with E-state index in [2.05, 4.69) is 17.9 Å². The molecule has 1 saturated heterocycles. The van der Waals surface area contributed by atoms with Crippen molar-refractivity contribution in [3.63, 3.8) is 0 Å². The van der Waals surface area contributed by atoms with E-state index >= 15 is 0 Å². The zero-order valence-corrected chi connectivity index (χ0v) is 11.2. The lowest BCUT2D eigenvalue weighted by Crippen LogP contribution is -2.36. The van der Waals surface area contributed by atoms with E-state index in [1.54, 1.807) is 0 Å².